The highest BCUT2D eigenvalue weighted by Gasteiger charge is 2.35. The molecule has 0 unspecified atom stereocenters. The number of carbonyl (C=O) groups excluding carboxylic acids is 1. The maximum Gasteiger partial charge on any atom is 0.227 e. The number of rotatable bonds is 5. The zero-order valence-electron chi connectivity index (χ0n) is 14.9. The van der Waals surface area contributed by atoms with Crippen LogP contribution in [0.1, 0.15) is 17.7 Å². The van der Waals surface area contributed by atoms with Crippen molar-refractivity contribution in [2.24, 2.45) is 0 Å². The zero-order valence-corrected chi connectivity index (χ0v) is 15.7. The van der Waals surface area contributed by atoms with Gasteiger partial charge in [-0.25, -0.2) is 8.42 Å². The Balaban J connectivity index is 1.57. The van der Waals surface area contributed by atoms with Gasteiger partial charge in [-0.3, -0.25) is 4.79 Å². The second-order valence-electron chi connectivity index (χ2n) is 7.02. The molecule has 27 heavy (non-hydrogen) atoms. The maximum atomic E-state index is 13.1. The molecule has 5 nitrogen and oxygen atoms in total. The van der Waals surface area contributed by atoms with Crippen molar-refractivity contribution in [1.29, 1.82) is 0 Å². The molecule has 1 aliphatic rings. The van der Waals surface area contributed by atoms with Gasteiger partial charge in [-0.15, -0.1) is 0 Å². The van der Waals surface area contributed by atoms with Crippen LogP contribution < -0.4 is 0 Å². The summed E-state index contributed by atoms with van der Waals surface area (Å²) in [5, 5.41) is 2.21. The molecule has 0 spiro atoms. The molecule has 1 atom stereocenters. The molecule has 0 radical (unpaired) electrons. The Morgan fingerprint density at radius 3 is 2.59 bits per heavy atom. The van der Waals surface area contributed by atoms with Crippen molar-refractivity contribution in [1.82, 2.24) is 4.90 Å². The molecule has 1 amide bonds. The van der Waals surface area contributed by atoms with E-state index in [1.807, 2.05) is 42.5 Å². The fourth-order valence-corrected chi connectivity index (χ4v) is 5.37. The van der Waals surface area contributed by atoms with E-state index in [1.165, 1.54) is 0 Å². The Bertz CT molecular complexity index is 1060. The van der Waals surface area contributed by atoms with Gasteiger partial charge >= 0.3 is 0 Å². The number of fused-ring (bicyclic) bond motifs is 1. The highest BCUT2D eigenvalue weighted by molar-refractivity contribution is 7.91. The number of furan rings is 1. The van der Waals surface area contributed by atoms with Gasteiger partial charge in [0.25, 0.3) is 0 Å². The monoisotopic (exact) mass is 383 g/mol. The zero-order chi connectivity index (χ0) is 18.9. The van der Waals surface area contributed by atoms with Crippen LogP contribution in [-0.4, -0.2) is 36.8 Å². The van der Waals surface area contributed by atoms with Crippen LogP contribution in [0.15, 0.2) is 65.3 Å². The summed E-state index contributed by atoms with van der Waals surface area (Å²) in [6.07, 6.45) is 2.28. The van der Waals surface area contributed by atoms with Gasteiger partial charge < -0.3 is 9.32 Å². The average molecular weight is 383 g/mol. The molecule has 2 heterocycles. The molecule has 4 rings (SSSR count). The van der Waals surface area contributed by atoms with Crippen LogP contribution in [0.2, 0.25) is 0 Å². The quantitative estimate of drug-likeness (QED) is 0.679. The van der Waals surface area contributed by atoms with Crippen molar-refractivity contribution in [3.63, 3.8) is 0 Å². The van der Waals surface area contributed by atoms with Crippen LogP contribution in [0, 0.1) is 0 Å². The van der Waals surface area contributed by atoms with E-state index in [0.29, 0.717) is 18.7 Å². The minimum Gasteiger partial charge on any atom is -0.467 e. The number of hydrogen-bond acceptors (Lipinski definition) is 4. The second kappa shape index (κ2) is 7.19. The minimum atomic E-state index is -3.08. The number of carbonyl (C=O) groups is 1. The SMILES string of the molecule is O=C(Cc1ccc2ccccc2c1)N(Cc1ccco1)[C@H]1CCS(=O)(=O)C1. The van der Waals surface area contributed by atoms with Gasteiger partial charge in [0.2, 0.25) is 5.91 Å². The number of nitrogens with zero attached hydrogens (tertiary/aromatic N) is 1. The van der Waals surface area contributed by atoms with Gasteiger partial charge in [0.05, 0.1) is 30.7 Å². The summed E-state index contributed by atoms with van der Waals surface area (Å²) in [6.45, 7) is 0.291. The van der Waals surface area contributed by atoms with E-state index >= 15 is 0 Å². The van der Waals surface area contributed by atoms with Crippen LogP contribution in [0.5, 0.6) is 0 Å². The lowest BCUT2D eigenvalue weighted by molar-refractivity contribution is -0.133. The Morgan fingerprint density at radius 1 is 1.07 bits per heavy atom. The lowest BCUT2D eigenvalue weighted by atomic mass is 10.0. The van der Waals surface area contributed by atoms with Crippen molar-refractivity contribution < 1.29 is 17.6 Å². The molecule has 0 saturated carbocycles. The van der Waals surface area contributed by atoms with E-state index in [9.17, 15) is 13.2 Å². The molecule has 1 aliphatic heterocycles. The van der Waals surface area contributed by atoms with Crippen LogP contribution in [0.4, 0.5) is 0 Å². The number of hydrogen-bond donors (Lipinski definition) is 0. The molecule has 0 bridgehead atoms. The first-order chi connectivity index (χ1) is 13.0. The maximum absolute atomic E-state index is 13.1. The molecule has 2 aromatic carbocycles. The third-order valence-corrected chi connectivity index (χ3v) is 6.80. The number of benzene rings is 2. The van der Waals surface area contributed by atoms with Crippen molar-refractivity contribution in [2.75, 3.05) is 11.5 Å². The normalized spacial score (nSPS) is 18.6. The summed E-state index contributed by atoms with van der Waals surface area (Å²) in [6, 6.07) is 17.3. The Kier molecular flexibility index (Phi) is 4.74. The Hall–Kier alpha value is -2.60. The fraction of sp³-hybridized carbons (Fsp3) is 0.286. The van der Waals surface area contributed by atoms with Crippen molar-refractivity contribution in [3.05, 3.63) is 72.2 Å². The van der Waals surface area contributed by atoms with E-state index in [-0.39, 0.29) is 29.9 Å². The van der Waals surface area contributed by atoms with Gasteiger partial charge in [0.15, 0.2) is 9.84 Å². The van der Waals surface area contributed by atoms with Gasteiger partial charge in [0, 0.05) is 6.04 Å². The molecule has 0 N–H and O–H groups in total. The lowest BCUT2D eigenvalue weighted by Gasteiger charge is -2.27. The molecule has 3 aromatic rings. The van der Waals surface area contributed by atoms with Gasteiger partial charge in [-0.2, -0.15) is 0 Å². The van der Waals surface area contributed by atoms with Gasteiger partial charge in [-0.05, 0) is 34.9 Å². The summed E-state index contributed by atoms with van der Waals surface area (Å²) in [7, 11) is -3.08. The summed E-state index contributed by atoms with van der Waals surface area (Å²) < 4.78 is 29.2. The van der Waals surface area contributed by atoms with Crippen molar-refractivity contribution in [3.8, 4) is 0 Å². The van der Waals surface area contributed by atoms with Crippen molar-refractivity contribution in [2.45, 2.75) is 25.4 Å². The van der Waals surface area contributed by atoms with Crippen LogP contribution in [-0.2, 0) is 27.6 Å². The topological polar surface area (TPSA) is 67.6 Å². The first-order valence-corrected chi connectivity index (χ1v) is 10.8. The summed E-state index contributed by atoms with van der Waals surface area (Å²) >= 11 is 0. The van der Waals surface area contributed by atoms with E-state index in [2.05, 4.69) is 0 Å². The van der Waals surface area contributed by atoms with Crippen LogP contribution in [0.3, 0.4) is 0 Å². The highest BCUT2D eigenvalue weighted by atomic mass is 32.2. The standard InChI is InChI=1S/C21H21NO4S/c23-21(13-16-7-8-17-4-1-2-5-18(17)12-16)22(14-20-6-3-10-26-20)19-9-11-27(24,25)15-19/h1-8,10,12,19H,9,11,13-15H2/t19-/m0/s1. The number of amides is 1. The smallest absolute Gasteiger partial charge is 0.227 e. The summed E-state index contributed by atoms with van der Waals surface area (Å²) in [4.78, 5) is 14.7. The predicted octanol–water partition coefficient (Wildman–Crippen LogP) is 3.19. The second-order valence-corrected chi connectivity index (χ2v) is 9.24. The third kappa shape index (κ3) is 4.06. The van der Waals surface area contributed by atoms with Crippen molar-refractivity contribution >= 4 is 26.5 Å². The average Bonchev–Trinajstić information content (AvgIpc) is 3.28. The Labute approximate surface area is 158 Å². The third-order valence-electron chi connectivity index (χ3n) is 5.05. The molecule has 1 fully saturated rings. The van der Waals surface area contributed by atoms with Gasteiger partial charge in [0.1, 0.15) is 5.76 Å². The highest BCUT2D eigenvalue weighted by Crippen LogP contribution is 2.22. The lowest BCUT2D eigenvalue weighted by Crippen LogP contribution is -2.41. The van der Waals surface area contributed by atoms with E-state index in [4.69, 9.17) is 4.42 Å². The molecular formula is C21H21NO4S. The first kappa shape index (κ1) is 17.8. The van der Waals surface area contributed by atoms with E-state index in [0.717, 1.165) is 16.3 Å². The van der Waals surface area contributed by atoms with Gasteiger partial charge in [-0.1, -0.05) is 42.5 Å². The van der Waals surface area contributed by atoms with E-state index in [1.54, 1.807) is 23.3 Å². The molecule has 0 aliphatic carbocycles. The largest absolute Gasteiger partial charge is 0.467 e. The Morgan fingerprint density at radius 2 is 1.89 bits per heavy atom. The van der Waals surface area contributed by atoms with E-state index < -0.39 is 9.84 Å². The molecule has 6 heteroatoms. The summed E-state index contributed by atoms with van der Waals surface area (Å²) in [5.74, 6) is 0.738. The van der Waals surface area contributed by atoms with Crippen LogP contribution in [0.25, 0.3) is 10.8 Å². The molecule has 1 aromatic heterocycles. The molecule has 140 valence electrons. The minimum absolute atomic E-state index is 0.0250. The molecule has 1 saturated heterocycles. The summed E-state index contributed by atoms with van der Waals surface area (Å²) in [5.41, 5.74) is 0.920. The van der Waals surface area contributed by atoms with Crippen LogP contribution >= 0.6 is 0 Å². The molecular weight excluding hydrogens is 362 g/mol. The number of sulfone groups is 1. The first-order valence-electron chi connectivity index (χ1n) is 9.00. The predicted molar refractivity (Wildman–Crippen MR) is 104 cm³/mol. The fourth-order valence-electron chi connectivity index (χ4n) is 3.64.